The molecule has 106 valence electrons. The highest BCUT2D eigenvalue weighted by molar-refractivity contribution is 7.80. The largest absolute Gasteiger partial charge is 0.393 e. The van der Waals surface area contributed by atoms with Gasteiger partial charge in [-0.3, -0.25) is 9.88 Å². The zero-order valence-corrected chi connectivity index (χ0v) is 13.0. The summed E-state index contributed by atoms with van der Waals surface area (Å²) in [6.45, 7) is 9.41. The maximum absolute atomic E-state index is 5.75. The third kappa shape index (κ3) is 5.66. The highest BCUT2D eigenvalue weighted by Crippen LogP contribution is 2.22. The van der Waals surface area contributed by atoms with Gasteiger partial charge >= 0.3 is 0 Å². The van der Waals surface area contributed by atoms with Crippen molar-refractivity contribution in [2.75, 3.05) is 13.1 Å². The first-order valence-electron chi connectivity index (χ1n) is 6.88. The fraction of sp³-hybridized carbons (Fsp3) is 0.600. The van der Waals surface area contributed by atoms with Crippen LogP contribution in [0.5, 0.6) is 0 Å². The molecule has 0 spiro atoms. The Labute approximate surface area is 122 Å². The molecule has 1 aromatic heterocycles. The maximum Gasteiger partial charge on any atom is 0.0784 e. The minimum Gasteiger partial charge on any atom is -0.393 e. The van der Waals surface area contributed by atoms with Crippen LogP contribution in [0.4, 0.5) is 0 Å². The molecule has 0 aliphatic rings. The van der Waals surface area contributed by atoms with Crippen LogP contribution in [0, 0.1) is 5.41 Å². The van der Waals surface area contributed by atoms with Crippen LogP contribution in [-0.2, 0) is 6.54 Å². The van der Waals surface area contributed by atoms with Crippen molar-refractivity contribution in [3.05, 3.63) is 30.1 Å². The lowest BCUT2D eigenvalue weighted by Crippen LogP contribution is -2.31. The highest BCUT2D eigenvalue weighted by atomic mass is 32.1. The van der Waals surface area contributed by atoms with Crippen molar-refractivity contribution in [1.29, 1.82) is 0 Å². The van der Waals surface area contributed by atoms with Crippen LogP contribution >= 0.6 is 12.2 Å². The second-order valence-corrected chi connectivity index (χ2v) is 5.98. The minimum atomic E-state index is -0.0419. The monoisotopic (exact) mass is 279 g/mol. The molecule has 2 N–H and O–H groups in total. The van der Waals surface area contributed by atoms with Gasteiger partial charge in [0.1, 0.15) is 0 Å². The van der Waals surface area contributed by atoms with E-state index in [1.807, 2.05) is 18.3 Å². The number of pyridine rings is 1. The molecule has 0 saturated carbocycles. The number of nitrogens with zero attached hydrogens (tertiary/aromatic N) is 2. The first-order chi connectivity index (χ1) is 8.95. The predicted octanol–water partition coefficient (Wildman–Crippen LogP) is 3.00. The van der Waals surface area contributed by atoms with Gasteiger partial charge in [-0.2, -0.15) is 0 Å². The Morgan fingerprint density at radius 3 is 2.68 bits per heavy atom. The van der Waals surface area contributed by atoms with Gasteiger partial charge in [0.05, 0.1) is 10.7 Å². The molecule has 0 unspecified atom stereocenters. The molecule has 0 amide bonds. The van der Waals surface area contributed by atoms with Crippen LogP contribution < -0.4 is 5.73 Å². The summed E-state index contributed by atoms with van der Waals surface area (Å²) in [5.41, 5.74) is 6.83. The second-order valence-electron chi connectivity index (χ2n) is 5.54. The molecule has 0 saturated heterocycles. The number of thiocarbonyl (C=S) groups is 1. The van der Waals surface area contributed by atoms with E-state index in [9.17, 15) is 0 Å². The fourth-order valence-corrected chi connectivity index (χ4v) is 2.04. The molecule has 1 heterocycles. The van der Waals surface area contributed by atoms with Gasteiger partial charge in [0.25, 0.3) is 0 Å². The van der Waals surface area contributed by atoms with Crippen LogP contribution in [0.3, 0.4) is 0 Å². The van der Waals surface area contributed by atoms with Crippen LogP contribution in [0.15, 0.2) is 24.4 Å². The van der Waals surface area contributed by atoms with E-state index < -0.39 is 0 Å². The lowest BCUT2D eigenvalue weighted by atomic mass is 9.88. The normalized spacial score (nSPS) is 11.8. The summed E-state index contributed by atoms with van der Waals surface area (Å²) < 4.78 is 0. The van der Waals surface area contributed by atoms with E-state index in [0.717, 1.165) is 38.2 Å². The van der Waals surface area contributed by atoms with E-state index in [0.29, 0.717) is 4.99 Å². The predicted molar refractivity (Wildman–Crippen MR) is 85.0 cm³/mol. The van der Waals surface area contributed by atoms with Crippen LogP contribution in [-0.4, -0.2) is 28.0 Å². The zero-order chi connectivity index (χ0) is 14.3. The standard InChI is InChI=1S/C15H25N3S/c1-4-18(12-13-8-5-6-10-17-13)11-7-9-15(2,3)14(16)19/h5-6,8,10H,4,7,9,11-12H2,1-3H3,(H2,16,19). The Kier molecular flexibility index (Phi) is 6.38. The van der Waals surface area contributed by atoms with E-state index in [1.165, 1.54) is 0 Å². The quantitative estimate of drug-likeness (QED) is 0.743. The summed E-state index contributed by atoms with van der Waals surface area (Å²) >= 11 is 5.10. The van der Waals surface area contributed by atoms with Gasteiger partial charge in [-0.1, -0.05) is 39.1 Å². The number of aromatic nitrogens is 1. The Hall–Kier alpha value is -1.00. The number of rotatable bonds is 8. The van der Waals surface area contributed by atoms with E-state index >= 15 is 0 Å². The van der Waals surface area contributed by atoms with Gasteiger partial charge in [0.2, 0.25) is 0 Å². The molecule has 4 heteroatoms. The molecule has 0 atom stereocenters. The van der Waals surface area contributed by atoms with Crippen molar-refractivity contribution in [1.82, 2.24) is 9.88 Å². The van der Waals surface area contributed by atoms with Gasteiger partial charge in [-0.25, -0.2) is 0 Å². The first-order valence-corrected chi connectivity index (χ1v) is 7.28. The third-order valence-corrected chi connectivity index (χ3v) is 4.05. The Bertz CT molecular complexity index is 390. The molecule has 0 aliphatic heterocycles. The van der Waals surface area contributed by atoms with Gasteiger partial charge in [0.15, 0.2) is 0 Å². The Morgan fingerprint density at radius 1 is 1.42 bits per heavy atom. The maximum atomic E-state index is 5.75. The van der Waals surface area contributed by atoms with Crippen molar-refractivity contribution < 1.29 is 0 Å². The molecular weight excluding hydrogens is 254 g/mol. The highest BCUT2D eigenvalue weighted by Gasteiger charge is 2.20. The molecule has 0 bridgehead atoms. The minimum absolute atomic E-state index is 0.0419. The third-order valence-electron chi connectivity index (χ3n) is 3.50. The Morgan fingerprint density at radius 2 is 2.16 bits per heavy atom. The zero-order valence-electron chi connectivity index (χ0n) is 12.2. The molecule has 0 aliphatic carbocycles. The second kappa shape index (κ2) is 7.56. The molecule has 3 nitrogen and oxygen atoms in total. The molecule has 1 aromatic rings. The summed E-state index contributed by atoms with van der Waals surface area (Å²) in [5, 5.41) is 0. The van der Waals surface area contributed by atoms with E-state index in [2.05, 4.69) is 36.7 Å². The van der Waals surface area contributed by atoms with Crippen molar-refractivity contribution in [3.8, 4) is 0 Å². The van der Waals surface area contributed by atoms with Crippen LogP contribution in [0.1, 0.15) is 39.3 Å². The summed E-state index contributed by atoms with van der Waals surface area (Å²) in [6, 6.07) is 6.05. The SMILES string of the molecule is CCN(CCCC(C)(C)C(N)=S)Cc1ccccn1. The summed E-state index contributed by atoms with van der Waals surface area (Å²) in [5.74, 6) is 0. The first kappa shape index (κ1) is 16.1. The lowest BCUT2D eigenvalue weighted by molar-refractivity contribution is 0.259. The van der Waals surface area contributed by atoms with Crippen LogP contribution in [0.2, 0.25) is 0 Å². The van der Waals surface area contributed by atoms with Crippen LogP contribution in [0.25, 0.3) is 0 Å². The Balaban J connectivity index is 2.40. The smallest absolute Gasteiger partial charge is 0.0784 e. The molecule has 19 heavy (non-hydrogen) atoms. The van der Waals surface area contributed by atoms with Gasteiger partial charge in [0, 0.05) is 18.2 Å². The fourth-order valence-electron chi connectivity index (χ4n) is 1.94. The average Bonchev–Trinajstić information content (AvgIpc) is 2.38. The topological polar surface area (TPSA) is 42.1 Å². The number of nitrogens with two attached hydrogens (primary N) is 1. The lowest BCUT2D eigenvalue weighted by Gasteiger charge is -2.25. The van der Waals surface area contributed by atoms with E-state index in [4.69, 9.17) is 18.0 Å². The number of hydrogen-bond acceptors (Lipinski definition) is 3. The molecule has 0 fully saturated rings. The molecular formula is C15H25N3S. The summed E-state index contributed by atoms with van der Waals surface area (Å²) in [6.07, 6.45) is 3.98. The summed E-state index contributed by atoms with van der Waals surface area (Å²) in [4.78, 5) is 7.38. The number of hydrogen-bond donors (Lipinski definition) is 1. The van der Waals surface area contributed by atoms with Gasteiger partial charge < -0.3 is 5.73 Å². The molecule has 1 rings (SSSR count). The van der Waals surface area contributed by atoms with Crippen molar-refractivity contribution in [3.63, 3.8) is 0 Å². The van der Waals surface area contributed by atoms with Gasteiger partial charge in [-0.15, -0.1) is 0 Å². The van der Waals surface area contributed by atoms with Crippen molar-refractivity contribution >= 4 is 17.2 Å². The average molecular weight is 279 g/mol. The van der Waals surface area contributed by atoms with Crippen molar-refractivity contribution in [2.24, 2.45) is 11.1 Å². The van der Waals surface area contributed by atoms with E-state index in [-0.39, 0.29) is 5.41 Å². The van der Waals surface area contributed by atoms with Crippen molar-refractivity contribution in [2.45, 2.75) is 40.2 Å². The van der Waals surface area contributed by atoms with E-state index in [1.54, 1.807) is 0 Å². The molecule has 0 aromatic carbocycles. The summed E-state index contributed by atoms with van der Waals surface area (Å²) in [7, 11) is 0. The molecule has 0 radical (unpaired) electrons. The van der Waals surface area contributed by atoms with Gasteiger partial charge in [-0.05, 0) is 38.1 Å².